The number of rotatable bonds is 9. The van der Waals surface area contributed by atoms with E-state index in [2.05, 4.69) is 48.1 Å². The zero-order valence-corrected chi connectivity index (χ0v) is 18.9. The van der Waals surface area contributed by atoms with Gasteiger partial charge in [-0.1, -0.05) is 17.8 Å². The van der Waals surface area contributed by atoms with E-state index in [0.29, 0.717) is 6.04 Å². The molecule has 0 unspecified atom stereocenters. The van der Waals surface area contributed by atoms with Crippen molar-refractivity contribution in [3.63, 3.8) is 0 Å². The lowest BCUT2D eigenvalue weighted by Gasteiger charge is -2.27. The Bertz CT molecular complexity index is 919. The fraction of sp³-hybridized carbons (Fsp3) is 0.381. The molecule has 6 nitrogen and oxygen atoms in total. The SMILES string of the molecule is CCN(c1ccc(NC(=O)CSc2nnc(-c3cccs3)n2CC)cc1)C(C)C. The molecule has 154 valence electrons. The fourth-order valence-corrected chi connectivity index (χ4v) is 4.70. The minimum absolute atomic E-state index is 0.0534. The second kappa shape index (κ2) is 9.93. The van der Waals surface area contributed by atoms with E-state index in [1.165, 1.54) is 11.8 Å². The van der Waals surface area contributed by atoms with E-state index in [1.807, 2.05) is 46.3 Å². The quantitative estimate of drug-likeness (QED) is 0.485. The van der Waals surface area contributed by atoms with Crippen molar-refractivity contribution in [2.45, 2.75) is 45.4 Å². The summed E-state index contributed by atoms with van der Waals surface area (Å²) in [7, 11) is 0. The summed E-state index contributed by atoms with van der Waals surface area (Å²) in [6.45, 7) is 10.3. The number of nitrogens with one attached hydrogen (secondary N) is 1. The lowest BCUT2D eigenvalue weighted by molar-refractivity contribution is -0.113. The second-order valence-electron chi connectivity index (χ2n) is 6.79. The molecule has 1 N–H and O–H groups in total. The number of carbonyl (C=O) groups excluding carboxylic acids is 1. The average molecular weight is 430 g/mol. The number of thiophene rings is 1. The number of hydrogen-bond donors (Lipinski definition) is 1. The minimum atomic E-state index is -0.0534. The van der Waals surface area contributed by atoms with E-state index >= 15 is 0 Å². The molecule has 0 aliphatic rings. The Morgan fingerprint density at radius 1 is 1.21 bits per heavy atom. The Hall–Kier alpha value is -2.32. The summed E-state index contributed by atoms with van der Waals surface area (Å²) in [5.74, 6) is 1.09. The number of amides is 1. The molecule has 1 amide bonds. The van der Waals surface area contributed by atoms with Gasteiger partial charge in [-0.15, -0.1) is 21.5 Å². The first-order valence-corrected chi connectivity index (χ1v) is 11.7. The molecule has 8 heteroatoms. The van der Waals surface area contributed by atoms with Crippen molar-refractivity contribution >= 4 is 40.4 Å². The third kappa shape index (κ3) is 5.19. The predicted molar refractivity (Wildman–Crippen MR) is 123 cm³/mol. The van der Waals surface area contributed by atoms with E-state index in [1.54, 1.807) is 11.3 Å². The highest BCUT2D eigenvalue weighted by Gasteiger charge is 2.15. The molecule has 0 spiro atoms. The summed E-state index contributed by atoms with van der Waals surface area (Å²) in [5.41, 5.74) is 1.96. The van der Waals surface area contributed by atoms with Crippen LogP contribution < -0.4 is 10.2 Å². The van der Waals surface area contributed by atoms with Crippen LogP contribution >= 0.6 is 23.1 Å². The summed E-state index contributed by atoms with van der Waals surface area (Å²) < 4.78 is 2.05. The number of nitrogens with zero attached hydrogens (tertiary/aromatic N) is 4. The van der Waals surface area contributed by atoms with Crippen LogP contribution in [0.1, 0.15) is 27.7 Å². The van der Waals surface area contributed by atoms with Crippen molar-refractivity contribution in [2.75, 3.05) is 22.5 Å². The number of anilines is 2. The third-order valence-corrected chi connectivity index (χ3v) is 6.39. The number of thioether (sulfide) groups is 1. The average Bonchev–Trinajstić information content (AvgIpc) is 3.37. The molecule has 0 aliphatic heterocycles. The van der Waals surface area contributed by atoms with Crippen LogP contribution in [0.4, 0.5) is 11.4 Å². The lowest BCUT2D eigenvalue weighted by Crippen LogP contribution is -2.30. The number of carbonyl (C=O) groups is 1. The van der Waals surface area contributed by atoms with Crippen LogP contribution in [-0.4, -0.2) is 39.0 Å². The molecule has 2 heterocycles. The van der Waals surface area contributed by atoms with Crippen molar-refractivity contribution in [3.8, 4) is 10.7 Å². The fourth-order valence-electron chi connectivity index (χ4n) is 3.18. The van der Waals surface area contributed by atoms with Crippen LogP contribution in [0.15, 0.2) is 46.9 Å². The molecule has 0 aliphatic carbocycles. The molecule has 2 aromatic heterocycles. The largest absolute Gasteiger partial charge is 0.369 e. The Morgan fingerprint density at radius 2 is 1.97 bits per heavy atom. The minimum Gasteiger partial charge on any atom is -0.369 e. The van der Waals surface area contributed by atoms with Gasteiger partial charge in [0.15, 0.2) is 11.0 Å². The molecule has 0 radical (unpaired) electrons. The molecule has 0 bridgehead atoms. The standard InChI is InChI=1S/C21H27N5OS2/c1-5-25(15(3)4)17-11-9-16(10-12-17)22-19(27)14-29-21-24-23-20(26(21)6-2)18-8-7-13-28-18/h7-13,15H,5-6,14H2,1-4H3,(H,22,27). The maximum Gasteiger partial charge on any atom is 0.234 e. The van der Waals surface area contributed by atoms with Gasteiger partial charge in [-0.25, -0.2) is 0 Å². The maximum atomic E-state index is 12.4. The smallest absolute Gasteiger partial charge is 0.234 e. The maximum absolute atomic E-state index is 12.4. The van der Waals surface area contributed by atoms with Crippen molar-refractivity contribution in [2.24, 2.45) is 0 Å². The summed E-state index contributed by atoms with van der Waals surface area (Å²) in [5, 5.41) is 14.3. The van der Waals surface area contributed by atoms with Gasteiger partial charge in [-0.2, -0.15) is 0 Å². The molecule has 3 rings (SSSR count). The Labute approximate surface area is 180 Å². The van der Waals surface area contributed by atoms with E-state index in [-0.39, 0.29) is 11.7 Å². The molecule has 0 saturated heterocycles. The van der Waals surface area contributed by atoms with Gasteiger partial charge < -0.3 is 14.8 Å². The Balaban J connectivity index is 1.59. The second-order valence-corrected chi connectivity index (χ2v) is 8.68. The van der Waals surface area contributed by atoms with Gasteiger partial charge in [0.25, 0.3) is 0 Å². The summed E-state index contributed by atoms with van der Waals surface area (Å²) in [6, 6.07) is 12.5. The summed E-state index contributed by atoms with van der Waals surface area (Å²) in [4.78, 5) is 15.8. The van der Waals surface area contributed by atoms with Gasteiger partial charge in [-0.05, 0) is 63.4 Å². The van der Waals surface area contributed by atoms with Crippen molar-refractivity contribution in [3.05, 3.63) is 41.8 Å². The van der Waals surface area contributed by atoms with E-state index in [4.69, 9.17) is 0 Å². The zero-order valence-electron chi connectivity index (χ0n) is 17.3. The molecule has 0 saturated carbocycles. The van der Waals surface area contributed by atoms with Crippen LogP contribution in [0.3, 0.4) is 0 Å². The highest BCUT2D eigenvalue weighted by molar-refractivity contribution is 7.99. The molecule has 0 atom stereocenters. The summed E-state index contributed by atoms with van der Waals surface area (Å²) >= 11 is 3.04. The first-order chi connectivity index (χ1) is 14.0. The highest BCUT2D eigenvalue weighted by Crippen LogP contribution is 2.27. The normalized spacial score (nSPS) is 11.1. The molecule has 29 heavy (non-hydrogen) atoms. The van der Waals surface area contributed by atoms with Crippen LogP contribution in [0, 0.1) is 0 Å². The number of hydrogen-bond acceptors (Lipinski definition) is 6. The van der Waals surface area contributed by atoms with Gasteiger partial charge in [0, 0.05) is 30.5 Å². The molecule has 1 aromatic carbocycles. The highest BCUT2D eigenvalue weighted by atomic mass is 32.2. The van der Waals surface area contributed by atoms with Gasteiger partial charge in [0.1, 0.15) is 0 Å². The number of benzene rings is 1. The van der Waals surface area contributed by atoms with Crippen LogP contribution in [0.5, 0.6) is 0 Å². The first kappa shape index (κ1) is 21.4. The molecule has 3 aromatic rings. The van der Waals surface area contributed by atoms with Gasteiger partial charge in [-0.3, -0.25) is 4.79 Å². The van der Waals surface area contributed by atoms with Gasteiger partial charge >= 0.3 is 0 Å². The van der Waals surface area contributed by atoms with E-state index < -0.39 is 0 Å². The Morgan fingerprint density at radius 3 is 2.55 bits per heavy atom. The third-order valence-electron chi connectivity index (χ3n) is 4.55. The van der Waals surface area contributed by atoms with Crippen LogP contribution in [-0.2, 0) is 11.3 Å². The van der Waals surface area contributed by atoms with E-state index in [9.17, 15) is 4.79 Å². The van der Waals surface area contributed by atoms with E-state index in [0.717, 1.165) is 40.3 Å². The van der Waals surface area contributed by atoms with Crippen molar-refractivity contribution < 1.29 is 4.79 Å². The molecular weight excluding hydrogens is 402 g/mol. The first-order valence-electron chi connectivity index (χ1n) is 9.79. The topological polar surface area (TPSA) is 63.1 Å². The zero-order chi connectivity index (χ0) is 20.8. The molecule has 0 fully saturated rings. The van der Waals surface area contributed by atoms with Crippen LogP contribution in [0.2, 0.25) is 0 Å². The summed E-state index contributed by atoms with van der Waals surface area (Å²) in [6.07, 6.45) is 0. The monoisotopic (exact) mass is 429 g/mol. The predicted octanol–water partition coefficient (Wildman–Crippen LogP) is 4.99. The molecular formula is C21H27N5OS2. The van der Waals surface area contributed by atoms with Crippen molar-refractivity contribution in [1.29, 1.82) is 0 Å². The Kier molecular flexibility index (Phi) is 7.33. The number of aromatic nitrogens is 3. The van der Waals surface area contributed by atoms with Crippen LogP contribution in [0.25, 0.3) is 10.7 Å². The van der Waals surface area contributed by atoms with Gasteiger partial charge in [0.05, 0.1) is 10.6 Å². The van der Waals surface area contributed by atoms with Gasteiger partial charge in [0.2, 0.25) is 5.91 Å². The van der Waals surface area contributed by atoms with Crippen molar-refractivity contribution in [1.82, 2.24) is 14.8 Å². The lowest BCUT2D eigenvalue weighted by atomic mass is 10.2.